The summed E-state index contributed by atoms with van der Waals surface area (Å²) in [6.45, 7) is 6.67. The molecule has 0 aromatic carbocycles. The SMILES string of the molecule is CCCCCC/C=C\CCCCCCCC(=O)O[C@@H](COC(=O)CCCCCCCCCCCCCCC)COC(=O)CCCCCCCCCCCCCCCCCCCCC. The largest absolute Gasteiger partial charge is 0.462 e. The van der Waals surface area contributed by atoms with Gasteiger partial charge in [-0.25, -0.2) is 0 Å². The van der Waals surface area contributed by atoms with Crippen LogP contribution in [0.3, 0.4) is 0 Å². The minimum absolute atomic E-state index is 0.0676. The minimum atomic E-state index is -0.768. The highest BCUT2D eigenvalue weighted by Crippen LogP contribution is 2.17. The van der Waals surface area contributed by atoms with Crippen molar-refractivity contribution in [3.8, 4) is 0 Å². The topological polar surface area (TPSA) is 78.9 Å². The van der Waals surface area contributed by atoms with Crippen molar-refractivity contribution in [3.05, 3.63) is 12.2 Å². The van der Waals surface area contributed by atoms with Gasteiger partial charge in [-0.15, -0.1) is 0 Å². The molecule has 0 amide bonds. The van der Waals surface area contributed by atoms with Crippen LogP contribution in [0, 0.1) is 0 Å². The van der Waals surface area contributed by atoms with Crippen LogP contribution in [0.5, 0.6) is 0 Å². The molecule has 0 aliphatic rings. The molecule has 6 heteroatoms. The van der Waals surface area contributed by atoms with Crippen molar-refractivity contribution in [2.75, 3.05) is 13.2 Å². The molecule has 0 heterocycles. The lowest BCUT2D eigenvalue weighted by atomic mass is 10.0. The quantitative estimate of drug-likeness (QED) is 0.0262. The summed E-state index contributed by atoms with van der Waals surface area (Å²) in [4.78, 5) is 38.0. The van der Waals surface area contributed by atoms with Crippen LogP contribution < -0.4 is 0 Å². The van der Waals surface area contributed by atoms with Crippen molar-refractivity contribution in [3.63, 3.8) is 0 Å². The fourth-order valence-electron chi connectivity index (χ4n) is 8.50. The molecule has 0 aliphatic carbocycles. The molecule has 63 heavy (non-hydrogen) atoms. The van der Waals surface area contributed by atoms with Crippen molar-refractivity contribution in [1.82, 2.24) is 0 Å². The van der Waals surface area contributed by atoms with Gasteiger partial charge in [-0.3, -0.25) is 14.4 Å². The number of ether oxygens (including phenoxy) is 3. The third-order valence-corrected chi connectivity index (χ3v) is 12.8. The van der Waals surface area contributed by atoms with E-state index in [2.05, 4.69) is 32.9 Å². The number of esters is 3. The van der Waals surface area contributed by atoms with Crippen LogP contribution >= 0.6 is 0 Å². The summed E-state index contributed by atoms with van der Waals surface area (Å²) in [7, 11) is 0. The number of hydrogen-bond donors (Lipinski definition) is 0. The van der Waals surface area contributed by atoms with Crippen LogP contribution in [-0.2, 0) is 28.6 Å². The Morgan fingerprint density at radius 3 is 0.810 bits per heavy atom. The fourth-order valence-corrected chi connectivity index (χ4v) is 8.50. The first kappa shape index (κ1) is 61.1. The number of unbranched alkanes of at least 4 members (excludes halogenated alkanes) is 39. The zero-order valence-electron chi connectivity index (χ0n) is 42.6. The molecule has 0 fully saturated rings. The summed E-state index contributed by atoms with van der Waals surface area (Å²) < 4.78 is 16.8. The van der Waals surface area contributed by atoms with Gasteiger partial charge in [0.1, 0.15) is 13.2 Å². The first-order chi connectivity index (χ1) is 31.0. The molecule has 0 aliphatic heterocycles. The lowest BCUT2D eigenvalue weighted by Gasteiger charge is -2.18. The highest BCUT2D eigenvalue weighted by molar-refractivity contribution is 5.71. The molecule has 0 aromatic rings. The summed E-state index contributed by atoms with van der Waals surface area (Å²) in [6.07, 6.45) is 59.1. The van der Waals surface area contributed by atoms with E-state index < -0.39 is 6.10 Å². The third-order valence-electron chi connectivity index (χ3n) is 12.8. The van der Waals surface area contributed by atoms with Gasteiger partial charge in [0.25, 0.3) is 0 Å². The standard InChI is InChI=1S/C57H108O6/c1-4-7-10-13-16-19-22-25-26-27-28-29-30-33-35-38-41-44-47-50-56(59)62-53-54(63-57(60)51-48-45-42-39-36-32-24-21-18-15-12-9-6-3)52-61-55(58)49-46-43-40-37-34-31-23-20-17-14-11-8-5-2/h21,24,54H,4-20,22-23,25-53H2,1-3H3/b24-21-/t54-/m0/s1. The Balaban J connectivity index is 4.27. The van der Waals surface area contributed by atoms with Gasteiger partial charge in [0.05, 0.1) is 0 Å². The van der Waals surface area contributed by atoms with E-state index in [4.69, 9.17) is 14.2 Å². The van der Waals surface area contributed by atoms with E-state index >= 15 is 0 Å². The van der Waals surface area contributed by atoms with Crippen LogP contribution in [-0.4, -0.2) is 37.2 Å². The highest BCUT2D eigenvalue weighted by Gasteiger charge is 2.19. The molecule has 0 unspecified atom stereocenters. The van der Waals surface area contributed by atoms with Gasteiger partial charge in [0.15, 0.2) is 6.10 Å². The van der Waals surface area contributed by atoms with Crippen molar-refractivity contribution in [2.24, 2.45) is 0 Å². The molecule has 372 valence electrons. The Bertz CT molecular complexity index is 978. The lowest BCUT2D eigenvalue weighted by Crippen LogP contribution is -2.30. The van der Waals surface area contributed by atoms with Gasteiger partial charge in [0, 0.05) is 19.3 Å². The van der Waals surface area contributed by atoms with Crippen molar-refractivity contribution < 1.29 is 28.6 Å². The predicted octanol–water partition coefficient (Wildman–Crippen LogP) is 18.5. The summed E-state index contributed by atoms with van der Waals surface area (Å²) in [5.74, 6) is -0.855. The van der Waals surface area contributed by atoms with Crippen LogP contribution in [0.25, 0.3) is 0 Å². The Kier molecular flexibility index (Phi) is 51.2. The maximum atomic E-state index is 12.8. The monoisotopic (exact) mass is 889 g/mol. The molecule has 0 spiro atoms. The van der Waals surface area contributed by atoms with Gasteiger partial charge in [-0.05, 0) is 44.9 Å². The molecule has 0 aromatic heterocycles. The van der Waals surface area contributed by atoms with Crippen molar-refractivity contribution >= 4 is 17.9 Å². The second-order valence-electron chi connectivity index (χ2n) is 19.2. The van der Waals surface area contributed by atoms with E-state index in [1.165, 1.54) is 212 Å². The minimum Gasteiger partial charge on any atom is -0.462 e. The lowest BCUT2D eigenvalue weighted by molar-refractivity contribution is -0.167. The van der Waals surface area contributed by atoms with Crippen LogP contribution in [0.2, 0.25) is 0 Å². The van der Waals surface area contributed by atoms with Gasteiger partial charge in [0.2, 0.25) is 0 Å². The second-order valence-corrected chi connectivity index (χ2v) is 19.2. The van der Waals surface area contributed by atoms with E-state index in [-0.39, 0.29) is 31.1 Å². The Labute approximate surface area is 392 Å². The van der Waals surface area contributed by atoms with E-state index in [1.807, 2.05) is 0 Å². The van der Waals surface area contributed by atoms with E-state index in [0.29, 0.717) is 19.3 Å². The molecule has 0 bridgehead atoms. The predicted molar refractivity (Wildman–Crippen MR) is 270 cm³/mol. The molecule has 0 rings (SSSR count). The maximum absolute atomic E-state index is 12.8. The summed E-state index contributed by atoms with van der Waals surface area (Å²) in [5.41, 5.74) is 0. The summed E-state index contributed by atoms with van der Waals surface area (Å²) in [5, 5.41) is 0. The third kappa shape index (κ3) is 51.0. The van der Waals surface area contributed by atoms with E-state index in [1.54, 1.807) is 0 Å². The Morgan fingerprint density at radius 1 is 0.302 bits per heavy atom. The van der Waals surface area contributed by atoms with Crippen molar-refractivity contribution in [2.45, 2.75) is 322 Å². The maximum Gasteiger partial charge on any atom is 0.306 e. The summed E-state index contributed by atoms with van der Waals surface area (Å²) >= 11 is 0. The van der Waals surface area contributed by atoms with E-state index in [9.17, 15) is 14.4 Å². The van der Waals surface area contributed by atoms with Gasteiger partial charge >= 0.3 is 17.9 Å². The molecule has 0 saturated carbocycles. The normalized spacial score (nSPS) is 12.0. The Morgan fingerprint density at radius 2 is 0.524 bits per heavy atom. The number of carbonyl (C=O) groups is 3. The molecule has 0 N–H and O–H groups in total. The first-order valence-corrected chi connectivity index (χ1v) is 28.2. The first-order valence-electron chi connectivity index (χ1n) is 28.2. The second kappa shape index (κ2) is 52.8. The van der Waals surface area contributed by atoms with E-state index in [0.717, 1.165) is 64.2 Å². The van der Waals surface area contributed by atoms with Gasteiger partial charge in [-0.2, -0.15) is 0 Å². The average molecular weight is 889 g/mol. The number of hydrogen-bond acceptors (Lipinski definition) is 6. The van der Waals surface area contributed by atoms with Crippen LogP contribution in [0.1, 0.15) is 316 Å². The molecule has 0 radical (unpaired) electrons. The number of carbonyl (C=O) groups excluding carboxylic acids is 3. The molecule has 1 atom stereocenters. The number of allylic oxidation sites excluding steroid dienone is 2. The highest BCUT2D eigenvalue weighted by atomic mass is 16.6. The molecule has 6 nitrogen and oxygen atoms in total. The molecule has 0 saturated heterocycles. The smallest absolute Gasteiger partial charge is 0.306 e. The zero-order chi connectivity index (χ0) is 45.8. The van der Waals surface area contributed by atoms with Crippen LogP contribution in [0.15, 0.2) is 12.2 Å². The fraction of sp³-hybridized carbons (Fsp3) is 0.912. The average Bonchev–Trinajstić information content (AvgIpc) is 3.28. The van der Waals surface area contributed by atoms with Gasteiger partial charge < -0.3 is 14.2 Å². The van der Waals surface area contributed by atoms with Crippen LogP contribution in [0.4, 0.5) is 0 Å². The molecular weight excluding hydrogens is 781 g/mol. The van der Waals surface area contributed by atoms with Gasteiger partial charge in [-0.1, -0.05) is 264 Å². The number of rotatable bonds is 52. The summed E-state index contributed by atoms with van der Waals surface area (Å²) in [6, 6.07) is 0. The Hall–Kier alpha value is -1.85. The zero-order valence-corrected chi connectivity index (χ0v) is 42.6. The molecular formula is C57H108O6. The van der Waals surface area contributed by atoms with Crippen molar-refractivity contribution in [1.29, 1.82) is 0 Å².